The highest BCUT2D eigenvalue weighted by Gasteiger charge is 2.02. The summed E-state index contributed by atoms with van der Waals surface area (Å²) in [7, 11) is 0. The quantitative estimate of drug-likeness (QED) is 0.338. The predicted molar refractivity (Wildman–Crippen MR) is 48.4 cm³/mol. The van der Waals surface area contributed by atoms with E-state index in [2.05, 4.69) is 26.8 Å². The molecule has 0 fully saturated rings. The molecule has 1 nitrogen and oxygen atoms in total. The Balaban J connectivity index is 4.14. The van der Waals surface area contributed by atoms with Gasteiger partial charge in [-0.2, -0.15) is 0 Å². The van der Waals surface area contributed by atoms with E-state index in [1.807, 2.05) is 13.0 Å². The minimum absolute atomic E-state index is 0.192. The number of carbonyl (C=O) groups is 1. The molecule has 0 aromatic heterocycles. The maximum Gasteiger partial charge on any atom is 0.143 e. The summed E-state index contributed by atoms with van der Waals surface area (Å²) in [6.45, 7) is 8.28. The van der Waals surface area contributed by atoms with Gasteiger partial charge < -0.3 is 0 Å². The van der Waals surface area contributed by atoms with Gasteiger partial charge in [0.1, 0.15) is 6.29 Å². The number of hydrogen-bond donors (Lipinski definition) is 0. The van der Waals surface area contributed by atoms with Crippen molar-refractivity contribution in [2.24, 2.45) is 5.41 Å². The molecule has 0 aliphatic rings. The van der Waals surface area contributed by atoms with Gasteiger partial charge in [-0.3, -0.25) is 4.79 Å². The monoisotopic (exact) mass is 152 g/mol. The summed E-state index contributed by atoms with van der Waals surface area (Å²) in [6, 6.07) is 0. The fraction of sp³-hybridized carbons (Fsp3) is 0.500. The molecule has 0 saturated heterocycles. The maximum atomic E-state index is 10.0. The smallest absolute Gasteiger partial charge is 0.143 e. The van der Waals surface area contributed by atoms with Crippen LogP contribution in [0.4, 0.5) is 0 Å². The van der Waals surface area contributed by atoms with Crippen LogP contribution in [0.15, 0.2) is 23.8 Å². The second kappa shape index (κ2) is 4.12. The van der Waals surface area contributed by atoms with Crippen LogP contribution >= 0.6 is 0 Å². The molecular weight excluding hydrogens is 136 g/mol. The third kappa shape index (κ3) is 7.04. The molecular formula is C10H16O. The summed E-state index contributed by atoms with van der Waals surface area (Å²) in [5.74, 6) is 0. The van der Waals surface area contributed by atoms with Crippen LogP contribution in [0.25, 0.3) is 0 Å². The van der Waals surface area contributed by atoms with Crippen LogP contribution in [-0.2, 0) is 4.79 Å². The zero-order valence-corrected chi connectivity index (χ0v) is 7.72. The average Bonchev–Trinajstić information content (AvgIpc) is 1.83. The van der Waals surface area contributed by atoms with Crippen molar-refractivity contribution < 1.29 is 4.79 Å². The molecule has 62 valence electrons. The highest BCUT2D eigenvalue weighted by molar-refractivity contribution is 5.66. The standard InChI is InChI=1S/C10H16O/c1-9(6-8-11)5-7-10(2,3)4/h5-8H,1-4H3/b7-5+,9-6+. The van der Waals surface area contributed by atoms with Crippen molar-refractivity contribution in [2.75, 3.05) is 0 Å². The third-order valence-corrected chi connectivity index (χ3v) is 1.18. The second-order valence-electron chi connectivity index (χ2n) is 3.75. The molecule has 0 unspecified atom stereocenters. The number of allylic oxidation sites excluding steroid dienone is 4. The zero-order chi connectivity index (χ0) is 8.91. The zero-order valence-electron chi connectivity index (χ0n) is 7.72. The lowest BCUT2D eigenvalue weighted by Crippen LogP contribution is -1.98. The predicted octanol–water partition coefficient (Wildman–Crippen LogP) is 2.73. The Morgan fingerprint density at radius 2 is 1.82 bits per heavy atom. The Morgan fingerprint density at radius 3 is 2.18 bits per heavy atom. The van der Waals surface area contributed by atoms with Gasteiger partial charge in [-0.15, -0.1) is 0 Å². The molecule has 0 rings (SSSR count). The first-order valence-electron chi connectivity index (χ1n) is 3.77. The van der Waals surface area contributed by atoms with Crippen LogP contribution in [0.5, 0.6) is 0 Å². The van der Waals surface area contributed by atoms with E-state index < -0.39 is 0 Å². The van der Waals surface area contributed by atoms with Gasteiger partial charge in [0.25, 0.3) is 0 Å². The molecule has 0 N–H and O–H groups in total. The molecule has 0 aliphatic carbocycles. The summed E-state index contributed by atoms with van der Waals surface area (Å²) in [4.78, 5) is 10.0. The van der Waals surface area contributed by atoms with Crippen LogP contribution in [0.1, 0.15) is 27.7 Å². The lowest BCUT2D eigenvalue weighted by atomic mass is 9.95. The third-order valence-electron chi connectivity index (χ3n) is 1.18. The summed E-state index contributed by atoms with van der Waals surface area (Å²) in [5.41, 5.74) is 1.19. The van der Waals surface area contributed by atoms with Gasteiger partial charge >= 0.3 is 0 Å². The van der Waals surface area contributed by atoms with E-state index in [1.165, 1.54) is 0 Å². The topological polar surface area (TPSA) is 17.1 Å². The Hall–Kier alpha value is -0.850. The van der Waals surface area contributed by atoms with E-state index in [1.54, 1.807) is 6.08 Å². The molecule has 0 heterocycles. The largest absolute Gasteiger partial charge is 0.299 e. The van der Waals surface area contributed by atoms with Crippen molar-refractivity contribution in [3.8, 4) is 0 Å². The van der Waals surface area contributed by atoms with Crippen LogP contribution in [0.2, 0.25) is 0 Å². The van der Waals surface area contributed by atoms with Gasteiger partial charge in [-0.1, -0.05) is 32.9 Å². The van der Waals surface area contributed by atoms with Gasteiger partial charge in [0.15, 0.2) is 0 Å². The highest BCUT2D eigenvalue weighted by Crippen LogP contribution is 2.15. The normalized spacial score (nSPS) is 14.0. The summed E-state index contributed by atoms with van der Waals surface area (Å²) >= 11 is 0. The van der Waals surface area contributed by atoms with E-state index in [4.69, 9.17) is 0 Å². The minimum Gasteiger partial charge on any atom is -0.299 e. The molecule has 0 aromatic rings. The van der Waals surface area contributed by atoms with Crippen LogP contribution in [-0.4, -0.2) is 6.29 Å². The van der Waals surface area contributed by atoms with Crippen LogP contribution < -0.4 is 0 Å². The molecule has 0 radical (unpaired) electrons. The van der Waals surface area contributed by atoms with E-state index in [0.29, 0.717) is 0 Å². The summed E-state index contributed by atoms with van der Waals surface area (Å²) in [6.07, 6.45) is 6.42. The van der Waals surface area contributed by atoms with Crippen molar-refractivity contribution in [1.29, 1.82) is 0 Å². The van der Waals surface area contributed by atoms with Crippen molar-refractivity contribution in [2.45, 2.75) is 27.7 Å². The molecule has 0 spiro atoms. The van der Waals surface area contributed by atoms with Gasteiger partial charge in [0, 0.05) is 0 Å². The van der Waals surface area contributed by atoms with Crippen molar-refractivity contribution >= 4 is 6.29 Å². The lowest BCUT2D eigenvalue weighted by Gasteiger charge is -2.10. The Kier molecular flexibility index (Phi) is 3.80. The lowest BCUT2D eigenvalue weighted by molar-refractivity contribution is -0.104. The molecule has 0 amide bonds. The van der Waals surface area contributed by atoms with Crippen molar-refractivity contribution in [3.05, 3.63) is 23.8 Å². The molecule has 0 aromatic carbocycles. The second-order valence-corrected chi connectivity index (χ2v) is 3.75. The molecule has 0 bridgehead atoms. The highest BCUT2D eigenvalue weighted by atomic mass is 16.1. The summed E-state index contributed by atoms with van der Waals surface area (Å²) in [5, 5.41) is 0. The number of aldehydes is 1. The number of hydrogen-bond acceptors (Lipinski definition) is 1. The molecule has 0 aliphatic heterocycles. The van der Waals surface area contributed by atoms with Crippen LogP contribution in [0.3, 0.4) is 0 Å². The first-order chi connectivity index (χ1) is 4.95. The first-order valence-corrected chi connectivity index (χ1v) is 3.77. The SMILES string of the molecule is CC(/C=C/C(C)(C)C)=C\C=O. The van der Waals surface area contributed by atoms with Crippen molar-refractivity contribution in [1.82, 2.24) is 0 Å². The van der Waals surface area contributed by atoms with Gasteiger partial charge in [-0.05, 0) is 24.0 Å². The number of rotatable bonds is 2. The van der Waals surface area contributed by atoms with E-state index >= 15 is 0 Å². The van der Waals surface area contributed by atoms with E-state index in [0.717, 1.165) is 11.9 Å². The molecule has 0 saturated carbocycles. The van der Waals surface area contributed by atoms with E-state index in [9.17, 15) is 4.79 Å². The van der Waals surface area contributed by atoms with Gasteiger partial charge in [-0.25, -0.2) is 0 Å². The van der Waals surface area contributed by atoms with Crippen molar-refractivity contribution in [3.63, 3.8) is 0 Å². The molecule has 1 heteroatoms. The fourth-order valence-corrected chi connectivity index (χ4v) is 0.544. The number of carbonyl (C=O) groups excluding carboxylic acids is 1. The molecule has 0 atom stereocenters. The van der Waals surface area contributed by atoms with Gasteiger partial charge in [0.2, 0.25) is 0 Å². The van der Waals surface area contributed by atoms with Gasteiger partial charge in [0.05, 0.1) is 0 Å². The van der Waals surface area contributed by atoms with E-state index in [-0.39, 0.29) is 5.41 Å². The fourth-order valence-electron chi connectivity index (χ4n) is 0.544. The Bertz CT molecular complexity index is 180. The minimum atomic E-state index is 0.192. The van der Waals surface area contributed by atoms with Crippen LogP contribution in [0, 0.1) is 5.41 Å². The Labute approximate surface area is 68.8 Å². The molecule has 11 heavy (non-hydrogen) atoms. The Morgan fingerprint density at radius 1 is 1.27 bits per heavy atom. The average molecular weight is 152 g/mol. The summed E-state index contributed by atoms with van der Waals surface area (Å²) < 4.78 is 0. The maximum absolute atomic E-state index is 10.0. The first kappa shape index (κ1) is 10.2.